The van der Waals surface area contributed by atoms with Crippen LogP contribution in [0, 0.1) is 0 Å². The van der Waals surface area contributed by atoms with E-state index in [1.165, 1.54) is 9.80 Å². The van der Waals surface area contributed by atoms with Crippen molar-refractivity contribution in [1.82, 2.24) is 19.4 Å². The lowest BCUT2D eigenvalue weighted by molar-refractivity contribution is -0.129. The number of hydrogen-bond donors (Lipinski definition) is 1. The summed E-state index contributed by atoms with van der Waals surface area (Å²) < 4.78 is 1.74. The van der Waals surface area contributed by atoms with Crippen LogP contribution in [0.25, 0.3) is 0 Å². The van der Waals surface area contributed by atoms with Gasteiger partial charge in [0.2, 0.25) is 5.91 Å². The van der Waals surface area contributed by atoms with Gasteiger partial charge < -0.3 is 20.1 Å². The molecular formula is C11H19N5O2. The van der Waals surface area contributed by atoms with Crippen LogP contribution >= 0.6 is 0 Å². The van der Waals surface area contributed by atoms with E-state index in [0.717, 1.165) is 0 Å². The monoisotopic (exact) mass is 253 g/mol. The molecule has 1 aromatic heterocycles. The van der Waals surface area contributed by atoms with Gasteiger partial charge in [0.05, 0.1) is 12.9 Å². The molecule has 0 saturated heterocycles. The van der Waals surface area contributed by atoms with Crippen LogP contribution in [0.15, 0.2) is 12.5 Å². The summed E-state index contributed by atoms with van der Waals surface area (Å²) in [5.74, 6) is -0.409. The summed E-state index contributed by atoms with van der Waals surface area (Å²) in [6.07, 6.45) is 3.19. The van der Waals surface area contributed by atoms with E-state index in [4.69, 9.17) is 5.73 Å². The van der Waals surface area contributed by atoms with Crippen molar-refractivity contribution in [3.8, 4) is 0 Å². The molecule has 0 unspecified atom stereocenters. The quantitative estimate of drug-likeness (QED) is 0.729. The molecule has 0 fully saturated rings. The SMILES string of the molecule is CN(C)C(=O)CN(C)C(=O)c1cn(CCN)cn1. The number of imidazole rings is 1. The zero-order valence-electron chi connectivity index (χ0n) is 11.0. The number of carbonyl (C=O) groups is 2. The lowest BCUT2D eigenvalue weighted by Crippen LogP contribution is -2.37. The Kier molecular flexibility index (Phi) is 4.85. The molecule has 18 heavy (non-hydrogen) atoms. The third-order valence-corrected chi connectivity index (χ3v) is 2.46. The molecule has 1 rings (SSSR count). The van der Waals surface area contributed by atoms with Gasteiger partial charge >= 0.3 is 0 Å². The van der Waals surface area contributed by atoms with Gasteiger partial charge in [0.15, 0.2) is 0 Å². The molecule has 0 radical (unpaired) electrons. The Hall–Kier alpha value is -1.89. The van der Waals surface area contributed by atoms with E-state index in [2.05, 4.69) is 4.98 Å². The fraction of sp³-hybridized carbons (Fsp3) is 0.545. The smallest absolute Gasteiger partial charge is 0.274 e. The van der Waals surface area contributed by atoms with Crippen LogP contribution in [0.3, 0.4) is 0 Å². The van der Waals surface area contributed by atoms with Crippen molar-refractivity contribution < 1.29 is 9.59 Å². The predicted molar refractivity (Wildman–Crippen MR) is 66.9 cm³/mol. The Balaban J connectivity index is 2.65. The molecule has 0 aliphatic rings. The van der Waals surface area contributed by atoms with E-state index in [-0.39, 0.29) is 18.4 Å². The van der Waals surface area contributed by atoms with Gasteiger partial charge in [0.25, 0.3) is 5.91 Å². The second-order valence-electron chi connectivity index (χ2n) is 4.23. The van der Waals surface area contributed by atoms with Gasteiger partial charge in [-0.2, -0.15) is 0 Å². The standard InChI is InChI=1S/C11H19N5O2/c1-14(2)10(17)7-15(3)11(18)9-6-16(5-4-12)8-13-9/h6,8H,4-5,7,12H2,1-3H3. The average molecular weight is 253 g/mol. The van der Waals surface area contributed by atoms with Gasteiger partial charge in [-0.1, -0.05) is 0 Å². The largest absolute Gasteiger partial charge is 0.347 e. The number of hydrogen-bond acceptors (Lipinski definition) is 4. The molecular weight excluding hydrogens is 234 g/mol. The lowest BCUT2D eigenvalue weighted by Gasteiger charge is -2.18. The van der Waals surface area contributed by atoms with Crippen LogP contribution in [0.2, 0.25) is 0 Å². The summed E-state index contributed by atoms with van der Waals surface area (Å²) in [6.45, 7) is 1.13. The van der Waals surface area contributed by atoms with Crippen molar-refractivity contribution in [2.75, 3.05) is 34.2 Å². The van der Waals surface area contributed by atoms with Crippen molar-refractivity contribution in [2.24, 2.45) is 5.73 Å². The van der Waals surface area contributed by atoms with Crippen LogP contribution in [0.5, 0.6) is 0 Å². The number of nitrogens with two attached hydrogens (primary N) is 1. The second kappa shape index (κ2) is 6.15. The molecule has 0 aliphatic carbocycles. The average Bonchev–Trinajstić information content (AvgIpc) is 2.76. The highest BCUT2D eigenvalue weighted by Crippen LogP contribution is 2.01. The second-order valence-corrected chi connectivity index (χ2v) is 4.23. The van der Waals surface area contributed by atoms with Crippen molar-refractivity contribution >= 4 is 11.8 Å². The maximum atomic E-state index is 12.0. The summed E-state index contributed by atoms with van der Waals surface area (Å²) in [5, 5.41) is 0. The maximum absolute atomic E-state index is 12.0. The normalized spacial score (nSPS) is 10.2. The predicted octanol–water partition coefficient (Wildman–Crippen LogP) is -0.998. The van der Waals surface area contributed by atoms with Gasteiger partial charge in [-0.25, -0.2) is 4.98 Å². The molecule has 0 atom stereocenters. The van der Waals surface area contributed by atoms with E-state index in [0.29, 0.717) is 18.8 Å². The third kappa shape index (κ3) is 3.56. The third-order valence-electron chi connectivity index (χ3n) is 2.46. The fourth-order valence-electron chi connectivity index (χ4n) is 1.35. The minimum atomic E-state index is -0.277. The van der Waals surface area contributed by atoms with Gasteiger partial charge in [0, 0.05) is 40.4 Å². The summed E-state index contributed by atoms with van der Waals surface area (Å²) in [7, 11) is 4.87. The first-order valence-corrected chi connectivity index (χ1v) is 5.63. The van der Waals surface area contributed by atoms with Gasteiger partial charge in [-0.05, 0) is 0 Å². The summed E-state index contributed by atoms with van der Waals surface area (Å²) >= 11 is 0. The number of aromatic nitrogens is 2. The van der Waals surface area contributed by atoms with E-state index < -0.39 is 0 Å². The summed E-state index contributed by atoms with van der Waals surface area (Å²) in [4.78, 5) is 30.2. The minimum Gasteiger partial charge on any atom is -0.347 e. The van der Waals surface area contributed by atoms with Crippen molar-refractivity contribution in [3.63, 3.8) is 0 Å². The highest BCUT2D eigenvalue weighted by atomic mass is 16.2. The molecule has 1 aromatic rings. The number of likely N-dealkylation sites (N-methyl/N-ethyl adjacent to an activating group) is 2. The van der Waals surface area contributed by atoms with Crippen molar-refractivity contribution in [1.29, 1.82) is 0 Å². The molecule has 7 heteroatoms. The fourth-order valence-corrected chi connectivity index (χ4v) is 1.35. The molecule has 0 aromatic carbocycles. The molecule has 0 bridgehead atoms. The topological polar surface area (TPSA) is 84.5 Å². The van der Waals surface area contributed by atoms with E-state index in [1.807, 2.05) is 0 Å². The Morgan fingerprint density at radius 1 is 1.39 bits per heavy atom. The van der Waals surface area contributed by atoms with Crippen LogP contribution < -0.4 is 5.73 Å². The Bertz CT molecular complexity index is 427. The van der Waals surface area contributed by atoms with Crippen LogP contribution in [0.4, 0.5) is 0 Å². The Labute approximate surface area is 106 Å². The first-order chi connectivity index (χ1) is 8.45. The number of amides is 2. The van der Waals surface area contributed by atoms with Gasteiger partial charge in [0.1, 0.15) is 5.69 Å². The first kappa shape index (κ1) is 14.2. The van der Waals surface area contributed by atoms with E-state index in [1.54, 1.807) is 38.2 Å². The zero-order valence-corrected chi connectivity index (χ0v) is 11.0. The highest BCUT2D eigenvalue weighted by Gasteiger charge is 2.17. The van der Waals surface area contributed by atoms with Crippen molar-refractivity contribution in [3.05, 3.63) is 18.2 Å². The Morgan fingerprint density at radius 3 is 2.61 bits per heavy atom. The maximum Gasteiger partial charge on any atom is 0.274 e. The molecule has 2 amide bonds. The summed E-state index contributed by atoms with van der Waals surface area (Å²) in [6, 6.07) is 0. The number of rotatable bonds is 5. The molecule has 100 valence electrons. The van der Waals surface area contributed by atoms with E-state index >= 15 is 0 Å². The van der Waals surface area contributed by atoms with Crippen molar-refractivity contribution in [2.45, 2.75) is 6.54 Å². The molecule has 7 nitrogen and oxygen atoms in total. The minimum absolute atomic E-state index is 0.0373. The van der Waals surface area contributed by atoms with Gasteiger partial charge in [-0.15, -0.1) is 0 Å². The highest BCUT2D eigenvalue weighted by molar-refractivity contribution is 5.94. The zero-order chi connectivity index (χ0) is 13.7. The molecule has 2 N–H and O–H groups in total. The van der Waals surface area contributed by atoms with Crippen LogP contribution in [0.1, 0.15) is 10.5 Å². The summed E-state index contributed by atoms with van der Waals surface area (Å²) in [5.41, 5.74) is 5.73. The molecule has 0 saturated carbocycles. The number of carbonyl (C=O) groups excluding carboxylic acids is 2. The number of nitrogens with zero attached hydrogens (tertiary/aromatic N) is 4. The van der Waals surface area contributed by atoms with E-state index in [9.17, 15) is 9.59 Å². The molecule has 1 heterocycles. The molecule has 0 aliphatic heterocycles. The first-order valence-electron chi connectivity index (χ1n) is 5.63. The van der Waals surface area contributed by atoms with Crippen LogP contribution in [-0.4, -0.2) is 65.4 Å². The lowest BCUT2D eigenvalue weighted by atomic mass is 10.4. The van der Waals surface area contributed by atoms with Gasteiger partial charge in [-0.3, -0.25) is 9.59 Å². The molecule has 0 spiro atoms. The van der Waals surface area contributed by atoms with Crippen LogP contribution in [-0.2, 0) is 11.3 Å². The Morgan fingerprint density at radius 2 is 2.06 bits per heavy atom.